The van der Waals surface area contributed by atoms with E-state index in [9.17, 15) is 8.42 Å². The van der Waals surface area contributed by atoms with Gasteiger partial charge in [0.2, 0.25) is 0 Å². The van der Waals surface area contributed by atoms with Gasteiger partial charge in [-0.15, -0.1) is 0 Å². The van der Waals surface area contributed by atoms with Crippen LogP contribution in [0.15, 0.2) is 24.3 Å². The Morgan fingerprint density at radius 2 is 1.84 bits per heavy atom. The van der Waals surface area contributed by atoms with Crippen molar-refractivity contribution in [1.29, 1.82) is 0 Å². The molecule has 5 nitrogen and oxygen atoms in total. The van der Waals surface area contributed by atoms with E-state index in [0.717, 1.165) is 18.4 Å². The molecular formula is C13H16N2O3S. The number of aliphatic hydroxyl groups is 1. The third-order valence-electron chi connectivity index (χ3n) is 2.85. The van der Waals surface area contributed by atoms with Crippen LogP contribution >= 0.6 is 0 Å². The molecule has 0 bridgehead atoms. The molecule has 1 saturated heterocycles. The first-order valence-electron chi connectivity index (χ1n) is 6.09. The zero-order valence-corrected chi connectivity index (χ0v) is 11.3. The van der Waals surface area contributed by atoms with Crippen molar-refractivity contribution in [3.8, 4) is 11.8 Å². The van der Waals surface area contributed by atoms with Crippen LogP contribution in [0.1, 0.15) is 18.4 Å². The fourth-order valence-electron chi connectivity index (χ4n) is 1.91. The number of hydrogen-bond acceptors (Lipinski definition) is 3. The molecule has 0 aliphatic carbocycles. The first kappa shape index (κ1) is 13.9. The summed E-state index contributed by atoms with van der Waals surface area (Å²) in [6.45, 7) is 0.966. The van der Waals surface area contributed by atoms with Gasteiger partial charge in [-0.25, -0.2) is 0 Å². The highest BCUT2D eigenvalue weighted by atomic mass is 32.2. The molecule has 0 aromatic heterocycles. The summed E-state index contributed by atoms with van der Waals surface area (Å²) in [7, 11) is -3.44. The Morgan fingerprint density at radius 3 is 2.42 bits per heavy atom. The predicted octanol–water partition coefficient (Wildman–Crippen LogP) is 0.783. The lowest BCUT2D eigenvalue weighted by atomic mass is 10.2. The summed E-state index contributed by atoms with van der Waals surface area (Å²) in [5, 5.41) is 8.59. The molecule has 0 atom stereocenters. The molecule has 2 rings (SSSR count). The van der Waals surface area contributed by atoms with Gasteiger partial charge in [-0.3, -0.25) is 4.72 Å². The van der Waals surface area contributed by atoms with Gasteiger partial charge < -0.3 is 5.11 Å². The van der Waals surface area contributed by atoms with E-state index >= 15 is 0 Å². The molecule has 1 aromatic carbocycles. The zero-order valence-electron chi connectivity index (χ0n) is 10.5. The molecule has 6 heteroatoms. The lowest BCUT2D eigenvalue weighted by molar-refractivity contribution is 0.350. The van der Waals surface area contributed by atoms with E-state index < -0.39 is 10.2 Å². The topological polar surface area (TPSA) is 69.6 Å². The van der Waals surface area contributed by atoms with Gasteiger partial charge >= 0.3 is 10.2 Å². The smallest absolute Gasteiger partial charge is 0.301 e. The van der Waals surface area contributed by atoms with Crippen LogP contribution in [0.25, 0.3) is 0 Å². The van der Waals surface area contributed by atoms with Gasteiger partial charge in [0.25, 0.3) is 0 Å². The molecule has 0 amide bonds. The molecule has 102 valence electrons. The first-order chi connectivity index (χ1) is 9.12. The van der Waals surface area contributed by atoms with E-state index in [1.54, 1.807) is 24.3 Å². The Hall–Kier alpha value is -1.55. The average molecular weight is 280 g/mol. The number of anilines is 1. The molecular weight excluding hydrogens is 264 g/mol. The quantitative estimate of drug-likeness (QED) is 0.804. The van der Waals surface area contributed by atoms with Gasteiger partial charge in [-0.2, -0.15) is 12.7 Å². The molecule has 0 unspecified atom stereocenters. The second kappa shape index (κ2) is 6.06. The van der Waals surface area contributed by atoms with Gasteiger partial charge in [-0.1, -0.05) is 11.8 Å². The van der Waals surface area contributed by atoms with Gasteiger partial charge in [0.1, 0.15) is 6.61 Å². The van der Waals surface area contributed by atoms with E-state index in [-0.39, 0.29) is 6.61 Å². The normalized spacial score (nSPS) is 15.8. The fraction of sp³-hybridized carbons (Fsp3) is 0.385. The molecule has 1 aliphatic rings. The molecule has 0 saturated carbocycles. The zero-order chi connectivity index (χ0) is 13.7. The van der Waals surface area contributed by atoms with Crippen LogP contribution in [-0.4, -0.2) is 37.5 Å². The standard InChI is InChI=1S/C13H16N2O3S/c16-11-3-4-12-5-7-13(8-6-12)14-19(17,18)15-9-1-2-10-15/h5-8,14,16H,1-2,9-11H2. The van der Waals surface area contributed by atoms with Crippen LogP contribution in [0.2, 0.25) is 0 Å². The summed E-state index contributed by atoms with van der Waals surface area (Å²) < 4.78 is 28.0. The Bertz CT molecular complexity index is 579. The Balaban J connectivity index is 2.06. The van der Waals surface area contributed by atoms with Crippen LogP contribution < -0.4 is 4.72 Å². The van der Waals surface area contributed by atoms with Crippen molar-refractivity contribution in [3.05, 3.63) is 29.8 Å². The number of rotatable bonds is 3. The van der Waals surface area contributed by atoms with Crippen LogP contribution in [0.5, 0.6) is 0 Å². The minimum atomic E-state index is -3.44. The van der Waals surface area contributed by atoms with Crippen molar-refractivity contribution >= 4 is 15.9 Å². The Kier molecular flexibility index (Phi) is 4.43. The Labute approximate surface area is 113 Å². The van der Waals surface area contributed by atoms with Crippen molar-refractivity contribution < 1.29 is 13.5 Å². The fourth-order valence-corrected chi connectivity index (χ4v) is 3.21. The van der Waals surface area contributed by atoms with Crippen molar-refractivity contribution in [2.24, 2.45) is 0 Å². The monoisotopic (exact) mass is 280 g/mol. The highest BCUT2D eigenvalue weighted by Gasteiger charge is 2.24. The van der Waals surface area contributed by atoms with Crippen molar-refractivity contribution in [1.82, 2.24) is 4.31 Å². The largest absolute Gasteiger partial charge is 0.384 e. The second-order valence-electron chi connectivity index (χ2n) is 4.25. The maximum atomic E-state index is 12.0. The number of nitrogens with zero attached hydrogens (tertiary/aromatic N) is 1. The van der Waals surface area contributed by atoms with E-state index in [0.29, 0.717) is 18.8 Å². The summed E-state index contributed by atoms with van der Waals surface area (Å²) in [6, 6.07) is 6.75. The van der Waals surface area contributed by atoms with E-state index in [4.69, 9.17) is 5.11 Å². The molecule has 1 heterocycles. The maximum absolute atomic E-state index is 12.0. The van der Waals surface area contributed by atoms with Gasteiger partial charge in [-0.05, 0) is 37.1 Å². The molecule has 19 heavy (non-hydrogen) atoms. The minimum absolute atomic E-state index is 0.191. The molecule has 1 aromatic rings. The highest BCUT2D eigenvalue weighted by Crippen LogP contribution is 2.16. The van der Waals surface area contributed by atoms with Crippen LogP contribution in [0, 0.1) is 11.8 Å². The van der Waals surface area contributed by atoms with Crippen LogP contribution in [0.3, 0.4) is 0 Å². The molecule has 0 spiro atoms. The Morgan fingerprint density at radius 1 is 1.21 bits per heavy atom. The number of aliphatic hydroxyl groups excluding tert-OH is 1. The summed E-state index contributed by atoms with van der Waals surface area (Å²) in [5.74, 6) is 5.29. The average Bonchev–Trinajstić information content (AvgIpc) is 2.92. The number of nitrogens with one attached hydrogen (secondary N) is 1. The second-order valence-corrected chi connectivity index (χ2v) is 5.92. The van der Waals surface area contributed by atoms with E-state index in [1.165, 1.54) is 4.31 Å². The third-order valence-corrected chi connectivity index (χ3v) is 4.39. The summed E-state index contributed by atoms with van der Waals surface area (Å²) in [5.41, 5.74) is 1.25. The molecule has 2 N–H and O–H groups in total. The highest BCUT2D eigenvalue weighted by molar-refractivity contribution is 7.90. The lowest BCUT2D eigenvalue weighted by Crippen LogP contribution is -2.33. The molecule has 1 fully saturated rings. The maximum Gasteiger partial charge on any atom is 0.301 e. The van der Waals surface area contributed by atoms with E-state index in [1.807, 2.05) is 0 Å². The first-order valence-corrected chi connectivity index (χ1v) is 7.53. The summed E-state index contributed by atoms with van der Waals surface area (Å²) in [4.78, 5) is 0. The van der Waals surface area contributed by atoms with Gasteiger partial charge in [0.15, 0.2) is 0 Å². The summed E-state index contributed by atoms with van der Waals surface area (Å²) >= 11 is 0. The molecule has 0 radical (unpaired) electrons. The predicted molar refractivity (Wildman–Crippen MR) is 73.8 cm³/mol. The van der Waals surface area contributed by atoms with Gasteiger partial charge in [0.05, 0.1) is 0 Å². The minimum Gasteiger partial charge on any atom is -0.384 e. The summed E-state index contributed by atoms with van der Waals surface area (Å²) in [6.07, 6.45) is 1.83. The van der Waals surface area contributed by atoms with Crippen LogP contribution in [0.4, 0.5) is 5.69 Å². The SMILES string of the molecule is O=S(=O)(Nc1ccc(C#CCO)cc1)N1CCCC1. The number of benzene rings is 1. The van der Waals surface area contributed by atoms with Crippen molar-refractivity contribution in [2.45, 2.75) is 12.8 Å². The molecule has 1 aliphatic heterocycles. The third kappa shape index (κ3) is 3.70. The number of hydrogen-bond donors (Lipinski definition) is 2. The lowest BCUT2D eigenvalue weighted by Gasteiger charge is -2.16. The van der Waals surface area contributed by atoms with Crippen molar-refractivity contribution in [3.63, 3.8) is 0 Å². The van der Waals surface area contributed by atoms with E-state index in [2.05, 4.69) is 16.6 Å². The van der Waals surface area contributed by atoms with Gasteiger partial charge in [0, 0.05) is 24.3 Å². The van der Waals surface area contributed by atoms with Crippen LogP contribution in [-0.2, 0) is 10.2 Å². The van der Waals surface area contributed by atoms with Crippen molar-refractivity contribution in [2.75, 3.05) is 24.4 Å².